The predicted molar refractivity (Wildman–Crippen MR) is 80.0 cm³/mol. The van der Waals surface area contributed by atoms with E-state index in [1.165, 1.54) is 0 Å². The highest BCUT2D eigenvalue weighted by Crippen LogP contribution is 2.37. The van der Waals surface area contributed by atoms with Crippen LogP contribution in [0.4, 0.5) is 5.69 Å². The molecule has 0 aliphatic carbocycles. The number of carbonyl (C=O) groups excluding carboxylic acids is 1. The van der Waals surface area contributed by atoms with E-state index in [0.29, 0.717) is 6.42 Å². The number of rotatable bonds is 1. The zero-order chi connectivity index (χ0) is 14.6. The van der Waals surface area contributed by atoms with Gasteiger partial charge in [-0.15, -0.1) is 0 Å². The lowest BCUT2D eigenvalue weighted by Gasteiger charge is -2.26. The van der Waals surface area contributed by atoms with Crippen LogP contribution in [0.2, 0.25) is 0 Å². The lowest BCUT2D eigenvalue weighted by Crippen LogP contribution is -2.21. The standard InChI is InChI=1S/C14H19NO2.C2H6/c1-14(2,3)10-8-11-9(7-12(10)17-4)5-6-13(16)15-11;1-2/h7-8H,5-6H2,1-4H3,(H,15,16);1-2H3. The molecule has 1 aliphatic heterocycles. The summed E-state index contributed by atoms with van der Waals surface area (Å²) in [4.78, 5) is 11.4. The second-order valence-corrected chi connectivity index (χ2v) is 5.51. The number of methoxy groups -OCH3 is 1. The maximum atomic E-state index is 11.4. The Balaban J connectivity index is 0.000000861. The molecule has 1 amide bonds. The summed E-state index contributed by atoms with van der Waals surface area (Å²) < 4.78 is 5.45. The first-order valence-corrected chi connectivity index (χ1v) is 6.93. The molecule has 0 saturated carbocycles. The Morgan fingerprint density at radius 1 is 1.16 bits per heavy atom. The molecule has 0 spiro atoms. The zero-order valence-corrected chi connectivity index (χ0v) is 12.9. The highest BCUT2D eigenvalue weighted by molar-refractivity contribution is 5.94. The van der Waals surface area contributed by atoms with Crippen molar-refractivity contribution in [1.82, 2.24) is 0 Å². The van der Waals surface area contributed by atoms with E-state index in [2.05, 4.69) is 32.2 Å². The second-order valence-electron chi connectivity index (χ2n) is 5.51. The summed E-state index contributed by atoms with van der Waals surface area (Å²) in [7, 11) is 1.69. The summed E-state index contributed by atoms with van der Waals surface area (Å²) in [6.07, 6.45) is 1.35. The Hall–Kier alpha value is -1.51. The fraction of sp³-hybridized carbons (Fsp3) is 0.562. The first-order chi connectivity index (χ1) is 8.91. The van der Waals surface area contributed by atoms with Gasteiger partial charge in [0.2, 0.25) is 5.91 Å². The summed E-state index contributed by atoms with van der Waals surface area (Å²) in [6.45, 7) is 10.4. The smallest absolute Gasteiger partial charge is 0.224 e. The van der Waals surface area contributed by atoms with Crippen molar-refractivity contribution >= 4 is 11.6 Å². The van der Waals surface area contributed by atoms with Crippen LogP contribution in [0, 0.1) is 0 Å². The summed E-state index contributed by atoms with van der Waals surface area (Å²) in [5, 5.41) is 2.93. The van der Waals surface area contributed by atoms with E-state index >= 15 is 0 Å². The SMILES string of the molecule is CC.COc1cc2c(cc1C(C)(C)C)NC(=O)CC2. The van der Waals surface area contributed by atoms with E-state index in [9.17, 15) is 4.79 Å². The number of nitrogens with one attached hydrogen (secondary N) is 1. The molecule has 1 aromatic rings. The van der Waals surface area contributed by atoms with Gasteiger partial charge < -0.3 is 10.1 Å². The first-order valence-electron chi connectivity index (χ1n) is 6.93. The maximum absolute atomic E-state index is 11.4. The molecule has 0 radical (unpaired) electrons. The van der Waals surface area contributed by atoms with Crippen molar-refractivity contribution in [3.05, 3.63) is 23.3 Å². The number of hydrogen-bond donors (Lipinski definition) is 1. The Bertz CT molecular complexity index is 459. The summed E-state index contributed by atoms with van der Waals surface area (Å²) in [6, 6.07) is 4.10. The van der Waals surface area contributed by atoms with Gasteiger partial charge in [0.1, 0.15) is 5.75 Å². The predicted octanol–water partition coefficient (Wildman–Crippen LogP) is 3.90. The number of aryl methyl sites for hydroxylation is 1. The topological polar surface area (TPSA) is 38.3 Å². The van der Waals surface area contributed by atoms with Gasteiger partial charge in [0.15, 0.2) is 0 Å². The number of hydrogen-bond acceptors (Lipinski definition) is 2. The van der Waals surface area contributed by atoms with Gasteiger partial charge in [-0.1, -0.05) is 34.6 Å². The Labute approximate surface area is 116 Å². The van der Waals surface area contributed by atoms with Gasteiger partial charge >= 0.3 is 0 Å². The van der Waals surface area contributed by atoms with Gasteiger partial charge in [-0.3, -0.25) is 4.79 Å². The average molecular weight is 263 g/mol. The Morgan fingerprint density at radius 3 is 2.32 bits per heavy atom. The lowest BCUT2D eigenvalue weighted by molar-refractivity contribution is -0.116. The molecule has 3 heteroatoms. The molecule has 1 N–H and O–H groups in total. The van der Waals surface area contributed by atoms with E-state index in [1.807, 2.05) is 19.9 Å². The minimum absolute atomic E-state index is 0.00253. The van der Waals surface area contributed by atoms with Gasteiger partial charge in [0.05, 0.1) is 7.11 Å². The van der Waals surface area contributed by atoms with Crippen molar-refractivity contribution in [2.75, 3.05) is 12.4 Å². The minimum Gasteiger partial charge on any atom is -0.496 e. The van der Waals surface area contributed by atoms with Crippen LogP contribution in [0.3, 0.4) is 0 Å². The van der Waals surface area contributed by atoms with Crippen molar-refractivity contribution in [2.45, 2.75) is 52.9 Å². The van der Waals surface area contributed by atoms with E-state index in [0.717, 1.165) is 29.0 Å². The highest BCUT2D eigenvalue weighted by Gasteiger charge is 2.23. The quantitative estimate of drug-likeness (QED) is 0.834. The largest absolute Gasteiger partial charge is 0.496 e. The van der Waals surface area contributed by atoms with Crippen LogP contribution in [0.5, 0.6) is 5.75 Å². The highest BCUT2D eigenvalue weighted by atomic mass is 16.5. The van der Waals surface area contributed by atoms with Crippen molar-refractivity contribution in [1.29, 1.82) is 0 Å². The lowest BCUT2D eigenvalue weighted by atomic mass is 9.84. The third-order valence-electron chi connectivity index (χ3n) is 3.13. The molecular formula is C16H25NO2. The van der Waals surface area contributed by atoms with E-state index in [4.69, 9.17) is 4.74 Å². The second kappa shape index (κ2) is 6.09. The van der Waals surface area contributed by atoms with Crippen LogP contribution in [0.25, 0.3) is 0 Å². The number of benzene rings is 1. The number of ether oxygens (including phenoxy) is 1. The van der Waals surface area contributed by atoms with E-state index in [1.54, 1.807) is 7.11 Å². The van der Waals surface area contributed by atoms with Gasteiger partial charge in [-0.05, 0) is 29.5 Å². The number of anilines is 1. The molecular weight excluding hydrogens is 238 g/mol. The average Bonchev–Trinajstić information content (AvgIpc) is 2.38. The first kappa shape index (κ1) is 15.5. The Morgan fingerprint density at radius 2 is 1.79 bits per heavy atom. The molecule has 1 heterocycles. The molecule has 3 nitrogen and oxygen atoms in total. The molecule has 106 valence electrons. The van der Waals surface area contributed by atoms with Crippen molar-refractivity contribution in [3.63, 3.8) is 0 Å². The number of carbonyl (C=O) groups is 1. The monoisotopic (exact) mass is 263 g/mol. The molecule has 0 bridgehead atoms. The third kappa shape index (κ3) is 3.49. The van der Waals surface area contributed by atoms with Gasteiger partial charge in [-0.2, -0.15) is 0 Å². The van der Waals surface area contributed by atoms with Crippen molar-refractivity contribution in [3.8, 4) is 5.75 Å². The van der Waals surface area contributed by atoms with Crippen LogP contribution in [-0.2, 0) is 16.6 Å². The molecule has 2 rings (SSSR count). The van der Waals surface area contributed by atoms with Gasteiger partial charge in [0.25, 0.3) is 0 Å². The van der Waals surface area contributed by atoms with Gasteiger partial charge in [0, 0.05) is 17.7 Å². The molecule has 0 aromatic heterocycles. The van der Waals surface area contributed by atoms with Gasteiger partial charge in [-0.25, -0.2) is 0 Å². The summed E-state index contributed by atoms with van der Waals surface area (Å²) in [5.41, 5.74) is 3.23. The third-order valence-corrected chi connectivity index (χ3v) is 3.13. The zero-order valence-electron chi connectivity index (χ0n) is 12.9. The van der Waals surface area contributed by atoms with Crippen LogP contribution in [-0.4, -0.2) is 13.0 Å². The molecule has 19 heavy (non-hydrogen) atoms. The Kier molecular flexibility index (Phi) is 4.98. The summed E-state index contributed by atoms with van der Waals surface area (Å²) in [5.74, 6) is 1.01. The van der Waals surface area contributed by atoms with Crippen LogP contribution in [0.1, 0.15) is 52.2 Å². The van der Waals surface area contributed by atoms with E-state index < -0.39 is 0 Å². The molecule has 1 aromatic carbocycles. The molecule has 0 saturated heterocycles. The fourth-order valence-corrected chi connectivity index (χ4v) is 2.16. The van der Waals surface area contributed by atoms with Crippen molar-refractivity contribution < 1.29 is 9.53 Å². The van der Waals surface area contributed by atoms with E-state index in [-0.39, 0.29) is 11.3 Å². The molecule has 0 atom stereocenters. The molecule has 0 unspecified atom stereocenters. The fourth-order valence-electron chi connectivity index (χ4n) is 2.16. The summed E-state index contributed by atoms with van der Waals surface area (Å²) >= 11 is 0. The number of amides is 1. The number of fused-ring (bicyclic) bond motifs is 1. The normalized spacial score (nSPS) is 13.9. The maximum Gasteiger partial charge on any atom is 0.224 e. The van der Waals surface area contributed by atoms with Crippen LogP contribution < -0.4 is 10.1 Å². The molecule has 0 fully saturated rings. The molecule has 1 aliphatic rings. The van der Waals surface area contributed by atoms with Crippen LogP contribution in [0.15, 0.2) is 12.1 Å². The van der Waals surface area contributed by atoms with Crippen molar-refractivity contribution in [2.24, 2.45) is 0 Å². The minimum atomic E-state index is 0.00253. The van der Waals surface area contributed by atoms with Crippen LogP contribution >= 0.6 is 0 Å².